The average molecular weight is 324 g/mol. The summed E-state index contributed by atoms with van der Waals surface area (Å²) in [6.45, 7) is 0.366. The molecule has 1 N–H and O–H groups in total. The van der Waals surface area contributed by atoms with E-state index in [4.69, 9.17) is 9.84 Å². The Labute approximate surface area is 128 Å². The van der Waals surface area contributed by atoms with Crippen molar-refractivity contribution in [3.05, 3.63) is 23.2 Å². The van der Waals surface area contributed by atoms with E-state index in [9.17, 15) is 9.59 Å². The number of hydrogen-bond acceptors (Lipinski definition) is 7. The number of hydrogen-bond donors (Lipinski definition) is 1. The highest BCUT2D eigenvalue weighted by Crippen LogP contribution is 2.25. The number of aliphatic imine (C=N–C) groups is 1. The molecule has 0 radical (unpaired) electrons. The Bertz CT molecular complexity index is 684. The van der Waals surface area contributed by atoms with Crippen molar-refractivity contribution >= 4 is 52.0 Å². The highest BCUT2D eigenvalue weighted by Gasteiger charge is 2.14. The van der Waals surface area contributed by atoms with Crippen LogP contribution in [0.25, 0.3) is 10.2 Å². The fourth-order valence-corrected chi connectivity index (χ4v) is 3.02. The van der Waals surface area contributed by atoms with Crippen molar-refractivity contribution in [3.8, 4) is 5.75 Å². The zero-order chi connectivity index (χ0) is 15.2. The van der Waals surface area contributed by atoms with Crippen LogP contribution in [0.4, 0.5) is 0 Å². The molecule has 0 fully saturated rings. The number of carbonyl (C=O) groups is 2. The van der Waals surface area contributed by atoms with E-state index in [1.807, 2.05) is 6.26 Å². The molecule has 1 atom stereocenters. The van der Waals surface area contributed by atoms with Gasteiger partial charge < -0.3 is 9.84 Å². The van der Waals surface area contributed by atoms with Crippen molar-refractivity contribution in [3.63, 3.8) is 0 Å². The van der Waals surface area contributed by atoms with Gasteiger partial charge in [0.15, 0.2) is 6.04 Å². The first-order chi connectivity index (χ1) is 10.1. The molecule has 1 heterocycles. The molecular formula is C13H12N2O4S2. The van der Waals surface area contributed by atoms with Crippen molar-refractivity contribution in [2.24, 2.45) is 4.99 Å². The van der Waals surface area contributed by atoms with Gasteiger partial charge >= 0.3 is 5.97 Å². The van der Waals surface area contributed by atoms with Gasteiger partial charge in [-0.05, 0) is 18.4 Å². The van der Waals surface area contributed by atoms with Crippen LogP contribution in [0.5, 0.6) is 5.75 Å². The van der Waals surface area contributed by atoms with Crippen LogP contribution in [0.1, 0.15) is 5.01 Å². The van der Waals surface area contributed by atoms with Crippen molar-refractivity contribution in [1.29, 1.82) is 0 Å². The van der Waals surface area contributed by atoms with Gasteiger partial charge in [-0.3, -0.25) is 9.79 Å². The van der Waals surface area contributed by atoms with E-state index in [0.29, 0.717) is 23.0 Å². The summed E-state index contributed by atoms with van der Waals surface area (Å²) in [4.78, 5) is 29.7. The monoisotopic (exact) mass is 324 g/mol. The fraction of sp³-hybridized carbons (Fsp3) is 0.231. The summed E-state index contributed by atoms with van der Waals surface area (Å²) in [5.41, 5.74) is 0.747. The second-order valence-electron chi connectivity index (χ2n) is 3.98. The molecule has 8 heteroatoms. The number of nitrogens with zero attached hydrogens (tertiary/aromatic N) is 2. The minimum Gasteiger partial charge on any atom is -0.480 e. The lowest BCUT2D eigenvalue weighted by Gasteiger charge is -2.03. The molecule has 0 saturated heterocycles. The van der Waals surface area contributed by atoms with Gasteiger partial charge in [0, 0.05) is 11.8 Å². The Hall–Kier alpha value is -1.93. The number of carboxylic acid groups (broad SMARTS) is 1. The summed E-state index contributed by atoms with van der Waals surface area (Å²) < 4.78 is 5.61. The largest absolute Gasteiger partial charge is 0.480 e. The van der Waals surface area contributed by atoms with Gasteiger partial charge in [-0.2, -0.15) is 11.8 Å². The summed E-state index contributed by atoms with van der Waals surface area (Å²) in [5, 5.41) is 9.64. The number of aliphatic carboxylic acids is 1. The Morgan fingerprint density at radius 1 is 1.62 bits per heavy atom. The van der Waals surface area contributed by atoms with Crippen LogP contribution in [-0.2, 0) is 9.59 Å². The minimum atomic E-state index is -0.955. The minimum absolute atomic E-state index is 0.366. The summed E-state index contributed by atoms with van der Waals surface area (Å²) >= 11 is 2.78. The Morgan fingerprint density at radius 3 is 3.10 bits per heavy atom. The normalized spacial score (nSPS) is 12.6. The lowest BCUT2D eigenvalue weighted by atomic mass is 10.3. The molecule has 0 saturated carbocycles. The number of rotatable bonds is 7. The van der Waals surface area contributed by atoms with E-state index in [2.05, 4.69) is 9.98 Å². The predicted molar refractivity (Wildman–Crippen MR) is 83.7 cm³/mol. The van der Waals surface area contributed by atoms with Gasteiger partial charge in [-0.15, -0.1) is 11.3 Å². The molecule has 0 aliphatic rings. The molecule has 2 rings (SSSR count). The maximum Gasteiger partial charge on any atom is 0.329 e. The van der Waals surface area contributed by atoms with Crippen LogP contribution < -0.4 is 4.74 Å². The topological polar surface area (TPSA) is 88.9 Å². The molecule has 6 nitrogen and oxygen atoms in total. The van der Waals surface area contributed by atoms with Gasteiger partial charge in [-0.25, -0.2) is 9.78 Å². The molecule has 0 unspecified atom stereocenters. The molecule has 21 heavy (non-hydrogen) atoms. The highest BCUT2D eigenvalue weighted by atomic mass is 32.2. The third-order valence-corrected chi connectivity index (χ3v) is 4.14. The number of carbonyl (C=O) groups excluding carboxylic acids is 1. The molecule has 0 spiro atoms. The number of thioether (sulfide) groups is 1. The summed E-state index contributed by atoms with van der Waals surface area (Å²) in [6, 6.07) is 4.31. The number of fused-ring (bicyclic) bond motifs is 1. The molecule has 0 bridgehead atoms. The van der Waals surface area contributed by atoms with E-state index in [1.54, 1.807) is 18.2 Å². The molecular weight excluding hydrogens is 312 g/mol. The van der Waals surface area contributed by atoms with E-state index in [0.717, 1.165) is 10.2 Å². The van der Waals surface area contributed by atoms with Gasteiger partial charge in [0.25, 0.3) is 6.47 Å². The van der Waals surface area contributed by atoms with Gasteiger partial charge in [0.2, 0.25) is 0 Å². The molecule has 2 aromatic rings. The number of thiazole rings is 1. The quantitative estimate of drug-likeness (QED) is 0.619. The second kappa shape index (κ2) is 7.19. The van der Waals surface area contributed by atoms with Crippen molar-refractivity contribution in [2.45, 2.75) is 6.04 Å². The van der Waals surface area contributed by atoms with E-state index in [1.165, 1.54) is 29.3 Å². The maximum absolute atomic E-state index is 11.0. The Balaban J connectivity index is 2.22. The van der Waals surface area contributed by atoms with E-state index >= 15 is 0 Å². The third kappa shape index (κ3) is 4.02. The first-order valence-electron chi connectivity index (χ1n) is 5.90. The first kappa shape index (κ1) is 15.5. The van der Waals surface area contributed by atoms with Crippen LogP contribution in [-0.4, -0.2) is 46.8 Å². The van der Waals surface area contributed by atoms with Crippen LogP contribution in [0.3, 0.4) is 0 Å². The SMILES string of the molecule is CSC[C@@H](N=Cc1nc2ccc(OC=O)cc2s1)C(=O)O. The Morgan fingerprint density at radius 2 is 2.43 bits per heavy atom. The van der Waals surface area contributed by atoms with Crippen LogP contribution in [0.15, 0.2) is 23.2 Å². The molecule has 0 aliphatic carbocycles. The molecule has 0 amide bonds. The molecule has 1 aromatic heterocycles. The summed E-state index contributed by atoms with van der Waals surface area (Å²) in [6.07, 6.45) is 3.30. The zero-order valence-electron chi connectivity index (χ0n) is 11.1. The summed E-state index contributed by atoms with van der Waals surface area (Å²) in [5.74, 6) is -0.104. The second-order valence-corrected chi connectivity index (χ2v) is 5.96. The fourth-order valence-electron chi connectivity index (χ4n) is 1.60. The van der Waals surface area contributed by atoms with Crippen LogP contribution in [0.2, 0.25) is 0 Å². The van der Waals surface area contributed by atoms with Crippen LogP contribution in [0, 0.1) is 0 Å². The number of benzene rings is 1. The smallest absolute Gasteiger partial charge is 0.329 e. The lowest BCUT2D eigenvalue weighted by molar-refractivity contribution is -0.137. The first-order valence-corrected chi connectivity index (χ1v) is 8.11. The number of carboxylic acids is 1. The van der Waals surface area contributed by atoms with Crippen molar-refractivity contribution in [1.82, 2.24) is 4.98 Å². The van der Waals surface area contributed by atoms with E-state index < -0.39 is 12.0 Å². The van der Waals surface area contributed by atoms with Crippen molar-refractivity contribution in [2.75, 3.05) is 12.0 Å². The molecule has 0 aliphatic heterocycles. The predicted octanol–water partition coefficient (Wildman–Crippen LogP) is 2.07. The standard InChI is InChI=1S/C13H12N2O4S2/c1-20-6-10(13(17)18)14-5-12-15-9-3-2-8(19-7-16)4-11(9)21-12/h2-5,7,10H,6H2,1H3,(H,17,18)/t10-/m1/s1. The maximum atomic E-state index is 11.0. The number of aromatic nitrogens is 1. The van der Waals surface area contributed by atoms with Gasteiger partial charge in [0.05, 0.1) is 16.4 Å². The highest BCUT2D eigenvalue weighted by molar-refractivity contribution is 7.98. The van der Waals surface area contributed by atoms with Gasteiger partial charge in [-0.1, -0.05) is 0 Å². The van der Waals surface area contributed by atoms with Gasteiger partial charge in [0.1, 0.15) is 10.8 Å². The molecule has 110 valence electrons. The van der Waals surface area contributed by atoms with Crippen molar-refractivity contribution < 1.29 is 19.4 Å². The average Bonchev–Trinajstić information content (AvgIpc) is 2.85. The van der Waals surface area contributed by atoms with E-state index in [-0.39, 0.29) is 0 Å². The molecule has 1 aromatic carbocycles. The summed E-state index contributed by atoms with van der Waals surface area (Å²) in [7, 11) is 0. The lowest BCUT2D eigenvalue weighted by Crippen LogP contribution is -2.20. The number of ether oxygens (including phenoxy) is 1. The third-order valence-electron chi connectivity index (χ3n) is 2.54. The zero-order valence-corrected chi connectivity index (χ0v) is 12.7. The Kier molecular flexibility index (Phi) is 5.29. The van der Waals surface area contributed by atoms with Crippen LogP contribution >= 0.6 is 23.1 Å².